The van der Waals surface area contributed by atoms with Gasteiger partial charge in [-0.3, -0.25) is 4.79 Å². The Hall–Kier alpha value is -2.82. The zero-order valence-corrected chi connectivity index (χ0v) is 10.9. The molecule has 0 saturated heterocycles. The molecule has 0 unspecified atom stereocenters. The van der Waals surface area contributed by atoms with Gasteiger partial charge < -0.3 is 20.3 Å². The van der Waals surface area contributed by atoms with Crippen LogP contribution in [0.25, 0.3) is 0 Å². The second kappa shape index (κ2) is 6.38. The Bertz CT molecular complexity index is 606. The molecule has 0 bridgehead atoms. The van der Waals surface area contributed by atoms with Gasteiger partial charge in [0.25, 0.3) is 0 Å². The number of aryl methyl sites for hydroxylation is 1. The molecule has 8 nitrogen and oxygen atoms in total. The predicted molar refractivity (Wildman–Crippen MR) is 68.6 cm³/mol. The third-order valence-corrected chi connectivity index (χ3v) is 2.41. The zero-order chi connectivity index (χ0) is 15.3. The summed E-state index contributed by atoms with van der Waals surface area (Å²) in [6.07, 6.45) is 0. The number of nitriles is 1. The third-order valence-electron chi connectivity index (χ3n) is 2.41. The molecule has 0 saturated carbocycles. The second-order valence-corrected chi connectivity index (χ2v) is 4.03. The summed E-state index contributed by atoms with van der Waals surface area (Å²) in [5.41, 5.74) is 0.346. The van der Waals surface area contributed by atoms with E-state index < -0.39 is 29.0 Å². The number of ketones is 1. The largest absolute Gasteiger partial charge is 0.478 e. The number of rotatable bonds is 6. The summed E-state index contributed by atoms with van der Waals surface area (Å²) in [7, 11) is 0. The van der Waals surface area contributed by atoms with Crippen molar-refractivity contribution in [3.05, 3.63) is 27.9 Å². The van der Waals surface area contributed by atoms with E-state index in [2.05, 4.69) is 4.98 Å². The smallest absolute Gasteiger partial charge is 0.406 e. The maximum atomic E-state index is 11.7. The van der Waals surface area contributed by atoms with Gasteiger partial charge in [-0.2, -0.15) is 5.26 Å². The molecule has 0 amide bonds. The molecule has 0 aliphatic heterocycles. The van der Waals surface area contributed by atoms with Crippen LogP contribution in [-0.4, -0.2) is 28.0 Å². The van der Waals surface area contributed by atoms with E-state index >= 15 is 0 Å². The number of hydrogen-bond acceptors (Lipinski definition) is 7. The van der Waals surface area contributed by atoms with Gasteiger partial charge in [-0.05, 0) is 29.0 Å². The highest BCUT2D eigenvalue weighted by Gasteiger charge is 2.23. The normalized spacial score (nSPS) is 11.2. The van der Waals surface area contributed by atoms with Crippen molar-refractivity contribution < 1.29 is 14.5 Å². The number of carbonyl (C=O) groups excluding carboxylic acids is 1. The van der Waals surface area contributed by atoms with Crippen LogP contribution in [0.4, 0.5) is 5.82 Å². The van der Waals surface area contributed by atoms with Crippen molar-refractivity contribution in [1.82, 2.24) is 4.98 Å². The number of aromatic nitrogens is 1. The SMILES string of the molecule is CC(=N)[C@@H](C#N)C(=O)COc1ccc(C)nc1[N+](=O)[O-]. The van der Waals surface area contributed by atoms with Gasteiger partial charge >= 0.3 is 5.82 Å². The lowest BCUT2D eigenvalue weighted by Crippen LogP contribution is -2.25. The topological polar surface area (TPSA) is 130 Å². The van der Waals surface area contributed by atoms with Crippen LogP contribution < -0.4 is 4.74 Å². The van der Waals surface area contributed by atoms with Crippen molar-refractivity contribution in [2.24, 2.45) is 5.92 Å². The molecular weight excluding hydrogens is 264 g/mol. The first-order valence-electron chi connectivity index (χ1n) is 5.59. The van der Waals surface area contributed by atoms with Gasteiger partial charge in [0, 0.05) is 12.6 Å². The number of pyridine rings is 1. The Labute approximate surface area is 114 Å². The van der Waals surface area contributed by atoms with Gasteiger partial charge in [0.15, 0.2) is 5.78 Å². The van der Waals surface area contributed by atoms with Crippen LogP contribution in [0.2, 0.25) is 0 Å². The Morgan fingerprint density at radius 2 is 2.30 bits per heavy atom. The molecule has 0 radical (unpaired) electrons. The van der Waals surface area contributed by atoms with Crippen molar-refractivity contribution in [3.8, 4) is 11.8 Å². The van der Waals surface area contributed by atoms with E-state index in [0.717, 1.165) is 0 Å². The van der Waals surface area contributed by atoms with Crippen LogP contribution in [0.15, 0.2) is 12.1 Å². The van der Waals surface area contributed by atoms with Crippen molar-refractivity contribution in [2.45, 2.75) is 13.8 Å². The molecule has 0 aromatic carbocycles. The van der Waals surface area contributed by atoms with Gasteiger partial charge in [-0.15, -0.1) is 0 Å². The third kappa shape index (κ3) is 3.58. The van der Waals surface area contributed by atoms with Gasteiger partial charge in [-0.25, -0.2) is 0 Å². The summed E-state index contributed by atoms with van der Waals surface area (Å²) >= 11 is 0. The van der Waals surface area contributed by atoms with Gasteiger partial charge in [0.1, 0.15) is 18.2 Å². The fourth-order valence-corrected chi connectivity index (χ4v) is 1.42. The van der Waals surface area contributed by atoms with Crippen molar-refractivity contribution >= 4 is 17.3 Å². The summed E-state index contributed by atoms with van der Waals surface area (Å²) in [5, 5.41) is 26.8. The predicted octanol–water partition coefficient (Wildman–Crippen LogP) is 1.43. The number of nitrogens with one attached hydrogen (secondary N) is 1. The molecular formula is C12H12N4O4. The number of ether oxygens (including phenoxy) is 1. The number of nitro groups is 1. The number of carbonyl (C=O) groups is 1. The molecule has 8 heteroatoms. The fraction of sp³-hybridized carbons (Fsp3) is 0.333. The van der Waals surface area contributed by atoms with E-state index in [1.807, 2.05) is 0 Å². The quantitative estimate of drug-likeness (QED) is 0.475. The number of hydrogen-bond donors (Lipinski definition) is 1. The van der Waals surface area contributed by atoms with Gasteiger partial charge in [0.2, 0.25) is 5.75 Å². The first-order valence-corrected chi connectivity index (χ1v) is 5.59. The molecule has 1 rings (SSSR count). The first kappa shape index (κ1) is 15.2. The van der Waals surface area contributed by atoms with Crippen LogP contribution in [0, 0.1) is 39.7 Å². The molecule has 1 aromatic heterocycles. The lowest BCUT2D eigenvalue weighted by molar-refractivity contribution is -0.390. The average molecular weight is 276 g/mol. The summed E-state index contributed by atoms with van der Waals surface area (Å²) in [6.45, 7) is 2.40. The maximum absolute atomic E-state index is 11.7. The highest BCUT2D eigenvalue weighted by atomic mass is 16.6. The molecule has 1 N–H and O–H groups in total. The molecule has 1 heterocycles. The fourth-order valence-electron chi connectivity index (χ4n) is 1.42. The molecule has 104 valence electrons. The lowest BCUT2D eigenvalue weighted by Gasteiger charge is -2.08. The van der Waals surface area contributed by atoms with Crippen LogP contribution in [-0.2, 0) is 4.79 Å². The number of nitrogens with zero attached hydrogens (tertiary/aromatic N) is 3. The van der Waals surface area contributed by atoms with Crippen molar-refractivity contribution in [2.75, 3.05) is 6.61 Å². The molecule has 20 heavy (non-hydrogen) atoms. The summed E-state index contributed by atoms with van der Waals surface area (Å²) in [5.74, 6) is -2.46. The summed E-state index contributed by atoms with van der Waals surface area (Å²) < 4.78 is 5.05. The average Bonchev–Trinajstić information content (AvgIpc) is 2.37. The van der Waals surface area contributed by atoms with E-state index in [-0.39, 0.29) is 11.5 Å². The Morgan fingerprint density at radius 1 is 1.65 bits per heavy atom. The highest BCUT2D eigenvalue weighted by Crippen LogP contribution is 2.24. The minimum absolute atomic E-state index is 0.0994. The van der Waals surface area contributed by atoms with Crippen LogP contribution in [0.1, 0.15) is 12.6 Å². The van der Waals surface area contributed by atoms with Crippen LogP contribution >= 0.6 is 0 Å². The van der Waals surface area contributed by atoms with Gasteiger partial charge in [-0.1, -0.05) is 0 Å². The molecule has 0 aliphatic rings. The van der Waals surface area contributed by atoms with E-state index in [1.54, 1.807) is 13.0 Å². The highest BCUT2D eigenvalue weighted by molar-refractivity contribution is 6.05. The molecule has 0 spiro atoms. The van der Waals surface area contributed by atoms with Crippen LogP contribution in [0.5, 0.6) is 5.75 Å². The van der Waals surface area contributed by atoms with E-state index in [1.165, 1.54) is 19.1 Å². The Kier molecular flexibility index (Phi) is 4.86. The van der Waals surface area contributed by atoms with Crippen molar-refractivity contribution in [3.63, 3.8) is 0 Å². The summed E-state index contributed by atoms with van der Waals surface area (Å²) in [6, 6.07) is 4.53. The maximum Gasteiger partial charge on any atom is 0.406 e. The number of Topliss-reactive ketones (excluding diaryl/α,β-unsaturated/α-hetero) is 1. The minimum atomic E-state index is -1.20. The molecule has 0 fully saturated rings. The van der Waals surface area contributed by atoms with Gasteiger partial charge in [0.05, 0.1) is 6.07 Å². The minimum Gasteiger partial charge on any atom is -0.478 e. The second-order valence-electron chi connectivity index (χ2n) is 4.03. The molecule has 1 atom stereocenters. The van der Waals surface area contributed by atoms with E-state index in [9.17, 15) is 14.9 Å². The van der Waals surface area contributed by atoms with E-state index in [0.29, 0.717) is 5.69 Å². The zero-order valence-electron chi connectivity index (χ0n) is 10.9. The first-order chi connectivity index (χ1) is 9.36. The monoisotopic (exact) mass is 276 g/mol. The lowest BCUT2D eigenvalue weighted by atomic mass is 10.0. The standard InChI is InChI=1S/C12H12N4O4/c1-7-3-4-11(12(15-7)16(18)19)20-6-10(17)9(5-13)8(2)14/h3-4,9,14H,6H2,1-2H3/t9-/m1/s1. The van der Waals surface area contributed by atoms with E-state index in [4.69, 9.17) is 15.4 Å². The molecule has 1 aromatic rings. The Balaban J connectivity index is 2.86. The summed E-state index contributed by atoms with van der Waals surface area (Å²) in [4.78, 5) is 25.5. The Morgan fingerprint density at radius 3 is 2.80 bits per heavy atom. The van der Waals surface area contributed by atoms with Crippen LogP contribution in [0.3, 0.4) is 0 Å². The molecule has 0 aliphatic carbocycles. The van der Waals surface area contributed by atoms with Crippen molar-refractivity contribution in [1.29, 1.82) is 10.7 Å².